The average Bonchev–Trinajstić information content (AvgIpc) is 2.49. The number of nitrogens with one attached hydrogen (secondary N) is 2. The maximum atomic E-state index is 13.4. The van der Waals surface area contributed by atoms with Crippen LogP contribution in [0.3, 0.4) is 0 Å². The topological polar surface area (TPSA) is 58.2 Å². The molecule has 2 aromatic rings. The Morgan fingerprint density at radius 2 is 1.86 bits per heavy atom. The van der Waals surface area contributed by atoms with Gasteiger partial charge in [0, 0.05) is 22.8 Å². The number of carbonyl (C=O) groups excluding carboxylic acids is 2. The van der Waals surface area contributed by atoms with Crippen molar-refractivity contribution in [1.29, 1.82) is 0 Å². The van der Waals surface area contributed by atoms with Crippen molar-refractivity contribution in [3.63, 3.8) is 0 Å². The molecule has 2 aromatic carbocycles. The molecule has 0 atom stereocenters. The largest absolute Gasteiger partial charge is 0.344 e. The number of benzene rings is 2. The molecular formula is C16H14ClFN2O2. The predicted molar refractivity (Wildman–Crippen MR) is 83.1 cm³/mol. The molecule has 0 fully saturated rings. The van der Waals surface area contributed by atoms with E-state index in [1.165, 1.54) is 12.1 Å². The molecule has 22 heavy (non-hydrogen) atoms. The lowest BCUT2D eigenvalue weighted by Gasteiger charge is -2.09. The third-order valence-electron chi connectivity index (χ3n) is 3.05. The number of aryl methyl sites for hydroxylation is 1. The summed E-state index contributed by atoms with van der Waals surface area (Å²) in [4.78, 5) is 23.6. The Hall–Kier alpha value is -2.40. The average molecular weight is 321 g/mol. The SMILES string of the molecule is Cc1ccc(Cl)cc1NC(=O)C(=O)NCc1ccccc1F. The van der Waals surface area contributed by atoms with Gasteiger partial charge in [-0.25, -0.2) is 4.39 Å². The maximum Gasteiger partial charge on any atom is 0.313 e. The van der Waals surface area contributed by atoms with Gasteiger partial charge in [-0.3, -0.25) is 9.59 Å². The van der Waals surface area contributed by atoms with Crippen molar-refractivity contribution in [3.8, 4) is 0 Å². The summed E-state index contributed by atoms with van der Waals surface area (Å²) in [6, 6.07) is 11.0. The van der Waals surface area contributed by atoms with E-state index in [4.69, 9.17) is 11.6 Å². The summed E-state index contributed by atoms with van der Waals surface area (Å²) in [5.74, 6) is -2.11. The van der Waals surface area contributed by atoms with E-state index in [1.54, 1.807) is 37.3 Å². The Bertz CT molecular complexity index is 719. The molecule has 0 saturated heterocycles. The van der Waals surface area contributed by atoms with Gasteiger partial charge in [-0.15, -0.1) is 0 Å². The van der Waals surface area contributed by atoms with Crippen LogP contribution >= 0.6 is 11.6 Å². The van der Waals surface area contributed by atoms with E-state index in [1.807, 2.05) is 0 Å². The first-order valence-electron chi connectivity index (χ1n) is 6.56. The molecule has 0 aromatic heterocycles. The van der Waals surface area contributed by atoms with Crippen molar-refractivity contribution in [2.75, 3.05) is 5.32 Å². The second kappa shape index (κ2) is 7.04. The highest BCUT2D eigenvalue weighted by atomic mass is 35.5. The highest BCUT2D eigenvalue weighted by Gasteiger charge is 2.15. The monoisotopic (exact) mass is 320 g/mol. The van der Waals surface area contributed by atoms with Crippen molar-refractivity contribution in [3.05, 3.63) is 64.4 Å². The number of anilines is 1. The van der Waals surface area contributed by atoms with Crippen molar-refractivity contribution in [2.45, 2.75) is 13.5 Å². The molecule has 0 unspecified atom stereocenters. The van der Waals surface area contributed by atoms with Gasteiger partial charge < -0.3 is 10.6 Å². The molecule has 2 rings (SSSR count). The van der Waals surface area contributed by atoms with Crippen LogP contribution in [0.4, 0.5) is 10.1 Å². The van der Waals surface area contributed by atoms with Crippen LogP contribution in [0.1, 0.15) is 11.1 Å². The predicted octanol–water partition coefficient (Wildman–Crippen LogP) is 3.04. The lowest BCUT2D eigenvalue weighted by atomic mass is 10.2. The third-order valence-corrected chi connectivity index (χ3v) is 3.29. The van der Waals surface area contributed by atoms with Crippen LogP contribution in [0, 0.1) is 12.7 Å². The van der Waals surface area contributed by atoms with Crippen molar-refractivity contribution in [1.82, 2.24) is 5.32 Å². The van der Waals surface area contributed by atoms with E-state index in [9.17, 15) is 14.0 Å². The minimum Gasteiger partial charge on any atom is -0.344 e. The van der Waals surface area contributed by atoms with Gasteiger partial charge in [0.05, 0.1) is 0 Å². The Kier molecular flexibility index (Phi) is 5.12. The molecule has 6 heteroatoms. The van der Waals surface area contributed by atoms with Gasteiger partial charge >= 0.3 is 11.8 Å². The van der Waals surface area contributed by atoms with Gasteiger partial charge in [-0.05, 0) is 30.7 Å². The first-order chi connectivity index (χ1) is 10.5. The van der Waals surface area contributed by atoms with E-state index in [0.29, 0.717) is 16.3 Å². The Morgan fingerprint density at radius 1 is 1.14 bits per heavy atom. The van der Waals surface area contributed by atoms with Crippen LogP contribution < -0.4 is 10.6 Å². The standard InChI is InChI=1S/C16H14ClFN2O2/c1-10-6-7-12(17)8-14(10)20-16(22)15(21)19-9-11-4-2-3-5-13(11)18/h2-8H,9H2,1H3,(H,19,21)(H,20,22). The first kappa shape index (κ1) is 16.0. The Balaban J connectivity index is 1.97. The van der Waals surface area contributed by atoms with E-state index in [0.717, 1.165) is 5.56 Å². The van der Waals surface area contributed by atoms with Gasteiger partial charge in [-0.2, -0.15) is 0 Å². The zero-order chi connectivity index (χ0) is 16.1. The summed E-state index contributed by atoms with van der Waals surface area (Å²) in [7, 11) is 0. The number of rotatable bonds is 3. The fourth-order valence-corrected chi connectivity index (χ4v) is 1.98. The van der Waals surface area contributed by atoms with Crippen LogP contribution in [-0.2, 0) is 16.1 Å². The molecule has 0 heterocycles. The van der Waals surface area contributed by atoms with E-state index in [2.05, 4.69) is 10.6 Å². The molecule has 0 aliphatic heterocycles. The lowest BCUT2D eigenvalue weighted by Crippen LogP contribution is -2.35. The van der Waals surface area contributed by atoms with Gasteiger partial charge in [0.1, 0.15) is 5.82 Å². The van der Waals surface area contributed by atoms with E-state index in [-0.39, 0.29) is 6.54 Å². The summed E-state index contributed by atoms with van der Waals surface area (Å²) in [6.45, 7) is 1.72. The molecule has 0 bridgehead atoms. The summed E-state index contributed by atoms with van der Waals surface area (Å²) in [5.41, 5.74) is 1.54. The number of amides is 2. The molecule has 0 spiro atoms. The van der Waals surface area contributed by atoms with Crippen molar-refractivity contribution in [2.24, 2.45) is 0 Å². The number of halogens is 2. The molecule has 114 valence electrons. The lowest BCUT2D eigenvalue weighted by molar-refractivity contribution is -0.136. The number of hydrogen-bond donors (Lipinski definition) is 2. The number of carbonyl (C=O) groups is 2. The summed E-state index contributed by atoms with van der Waals surface area (Å²) in [5, 5.41) is 5.29. The zero-order valence-electron chi connectivity index (χ0n) is 11.8. The normalized spacial score (nSPS) is 10.1. The van der Waals surface area contributed by atoms with Gasteiger partial charge in [0.15, 0.2) is 0 Å². The summed E-state index contributed by atoms with van der Waals surface area (Å²) in [6.07, 6.45) is 0. The van der Waals surface area contributed by atoms with Crippen LogP contribution in [0.5, 0.6) is 0 Å². The fraction of sp³-hybridized carbons (Fsp3) is 0.125. The molecule has 2 N–H and O–H groups in total. The maximum absolute atomic E-state index is 13.4. The van der Waals surface area contributed by atoms with Crippen molar-refractivity contribution >= 4 is 29.1 Å². The fourth-order valence-electron chi connectivity index (χ4n) is 1.81. The van der Waals surface area contributed by atoms with Crippen LogP contribution in [-0.4, -0.2) is 11.8 Å². The molecular weight excluding hydrogens is 307 g/mol. The molecule has 0 aliphatic rings. The van der Waals surface area contributed by atoms with Gasteiger partial charge in [0.25, 0.3) is 0 Å². The van der Waals surface area contributed by atoms with Gasteiger partial charge in [0.2, 0.25) is 0 Å². The van der Waals surface area contributed by atoms with Crippen LogP contribution in [0.25, 0.3) is 0 Å². The molecule has 0 aliphatic carbocycles. The van der Waals surface area contributed by atoms with E-state index >= 15 is 0 Å². The molecule has 0 radical (unpaired) electrons. The highest BCUT2D eigenvalue weighted by Crippen LogP contribution is 2.19. The molecule has 2 amide bonds. The minimum atomic E-state index is -0.845. The van der Waals surface area contributed by atoms with E-state index < -0.39 is 17.6 Å². The minimum absolute atomic E-state index is 0.0620. The van der Waals surface area contributed by atoms with Crippen molar-refractivity contribution < 1.29 is 14.0 Å². The summed E-state index contributed by atoms with van der Waals surface area (Å²) >= 11 is 5.84. The highest BCUT2D eigenvalue weighted by molar-refractivity contribution is 6.40. The summed E-state index contributed by atoms with van der Waals surface area (Å²) < 4.78 is 13.4. The zero-order valence-corrected chi connectivity index (χ0v) is 12.6. The first-order valence-corrected chi connectivity index (χ1v) is 6.94. The second-order valence-electron chi connectivity index (χ2n) is 4.69. The Morgan fingerprint density at radius 3 is 2.59 bits per heavy atom. The van der Waals surface area contributed by atoms with Crippen LogP contribution in [0.15, 0.2) is 42.5 Å². The smallest absolute Gasteiger partial charge is 0.313 e. The van der Waals surface area contributed by atoms with Gasteiger partial charge in [-0.1, -0.05) is 35.9 Å². The number of hydrogen-bond acceptors (Lipinski definition) is 2. The Labute approximate surface area is 132 Å². The second-order valence-corrected chi connectivity index (χ2v) is 5.12. The molecule has 4 nitrogen and oxygen atoms in total. The third kappa shape index (κ3) is 4.05. The molecule has 0 saturated carbocycles. The quantitative estimate of drug-likeness (QED) is 0.854. The van der Waals surface area contributed by atoms with Crippen LogP contribution in [0.2, 0.25) is 5.02 Å².